The van der Waals surface area contributed by atoms with Gasteiger partial charge in [-0.1, -0.05) is 24.3 Å². The van der Waals surface area contributed by atoms with Gasteiger partial charge >= 0.3 is 0 Å². The quantitative estimate of drug-likeness (QED) is 0.895. The molecule has 1 unspecified atom stereocenters. The van der Waals surface area contributed by atoms with E-state index in [0.717, 1.165) is 32.2 Å². The van der Waals surface area contributed by atoms with Crippen molar-refractivity contribution in [2.75, 3.05) is 19.6 Å². The normalized spacial score (nSPS) is 22.3. The van der Waals surface area contributed by atoms with Gasteiger partial charge in [-0.25, -0.2) is 0 Å². The molecule has 1 saturated heterocycles. The van der Waals surface area contributed by atoms with Crippen LogP contribution >= 0.6 is 0 Å². The molecule has 0 aromatic heterocycles. The molecule has 23 heavy (non-hydrogen) atoms. The van der Waals surface area contributed by atoms with Gasteiger partial charge in [0.05, 0.1) is 6.54 Å². The van der Waals surface area contributed by atoms with Gasteiger partial charge < -0.3 is 14.9 Å². The molecule has 1 N–H and O–H groups in total. The van der Waals surface area contributed by atoms with Gasteiger partial charge in [-0.15, -0.1) is 0 Å². The number of rotatable bonds is 2. The van der Waals surface area contributed by atoms with E-state index in [1.807, 2.05) is 17.0 Å². The van der Waals surface area contributed by atoms with Crippen molar-refractivity contribution in [2.24, 2.45) is 0 Å². The Morgan fingerprint density at radius 3 is 2.74 bits per heavy atom. The molecule has 3 rings (SSSR count). The van der Waals surface area contributed by atoms with Crippen LogP contribution in [0.1, 0.15) is 36.8 Å². The molecule has 5 nitrogen and oxygen atoms in total. The number of aliphatic hydroxyl groups is 1. The number of hydrogen-bond donors (Lipinski definition) is 1. The van der Waals surface area contributed by atoms with E-state index in [2.05, 4.69) is 12.1 Å². The summed E-state index contributed by atoms with van der Waals surface area (Å²) in [6.45, 7) is 1.97. The zero-order valence-corrected chi connectivity index (χ0v) is 13.4. The second kappa shape index (κ2) is 7.13. The summed E-state index contributed by atoms with van der Waals surface area (Å²) in [4.78, 5) is 28.1. The summed E-state index contributed by atoms with van der Waals surface area (Å²) in [5, 5.41) is 9.81. The maximum Gasteiger partial charge on any atom is 0.251 e. The highest BCUT2D eigenvalue weighted by molar-refractivity contribution is 5.87. The summed E-state index contributed by atoms with van der Waals surface area (Å²) in [6.07, 6.45) is 3.16. The van der Waals surface area contributed by atoms with E-state index in [1.165, 1.54) is 16.0 Å². The van der Waals surface area contributed by atoms with E-state index >= 15 is 0 Å². The van der Waals surface area contributed by atoms with Crippen molar-refractivity contribution in [3.8, 4) is 0 Å². The predicted octanol–water partition coefficient (Wildman–Crippen LogP) is 1.33. The monoisotopic (exact) mass is 316 g/mol. The van der Waals surface area contributed by atoms with Crippen LogP contribution in [0.5, 0.6) is 0 Å². The molecule has 0 aliphatic carbocycles. The third-order valence-electron chi connectivity index (χ3n) is 4.78. The van der Waals surface area contributed by atoms with Gasteiger partial charge in [0.2, 0.25) is 5.91 Å². The summed E-state index contributed by atoms with van der Waals surface area (Å²) in [5.74, 6) is -0.324. The lowest BCUT2D eigenvalue weighted by Crippen LogP contribution is -2.45. The largest absolute Gasteiger partial charge is 0.383 e. The molecule has 0 saturated carbocycles. The molecule has 1 fully saturated rings. The van der Waals surface area contributed by atoms with Crippen molar-refractivity contribution in [2.45, 2.75) is 44.8 Å². The van der Waals surface area contributed by atoms with Crippen LogP contribution < -0.4 is 0 Å². The number of amides is 2. The fraction of sp³-hybridized carbons (Fsp3) is 0.556. The lowest BCUT2D eigenvalue weighted by atomic mass is 10.0. The predicted molar refractivity (Wildman–Crippen MR) is 86.6 cm³/mol. The number of carbonyl (C=O) groups excluding carboxylic acids is 2. The Kier molecular flexibility index (Phi) is 4.96. The van der Waals surface area contributed by atoms with Crippen molar-refractivity contribution in [1.29, 1.82) is 0 Å². The standard InChI is InChI=1S/C18H24N2O3/c21-16-9-3-4-10-20(18(16)23)13-17(22)19-11-5-8-14-6-1-2-7-15(14)12-19/h1-2,6-7,16,21H,3-5,8-13H2. The van der Waals surface area contributed by atoms with Gasteiger partial charge in [0.15, 0.2) is 0 Å². The summed E-state index contributed by atoms with van der Waals surface area (Å²) in [6, 6.07) is 8.23. The van der Waals surface area contributed by atoms with Crippen LogP contribution in [0.25, 0.3) is 0 Å². The number of aryl methyl sites for hydroxylation is 1. The first-order valence-electron chi connectivity index (χ1n) is 8.46. The number of likely N-dealkylation sites (tertiary alicyclic amines) is 1. The maximum absolute atomic E-state index is 12.6. The highest BCUT2D eigenvalue weighted by Gasteiger charge is 2.28. The Morgan fingerprint density at radius 2 is 1.91 bits per heavy atom. The van der Waals surface area contributed by atoms with Crippen molar-refractivity contribution >= 4 is 11.8 Å². The minimum atomic E-state index is -0.949. The van der Waals surface area contributed by atoms with Crippen LogP contribution in [0.3, 0.4) is 0 Å². The van der Waals surface area contributed by atoms with Crippen LogP contribution in [0.2, 0.25) is 0 Å². The molecule has 2 aliphatic heterocycles. The van der Waals surface area contributed by atoms with Gasteiger partial charge in [0, 0.05) is 19.6 Å². The third kappa shape index (κ3) is 3.72. The fourth-order valence-corrected chi connectivity index (χ4v) is 3.42. The van der Waals surface area contributed by atoms with Crippen LogP contribution in [0.15, 0.2) is 24.3 Å². The van der Waals surface area contributed by atoms with Crippen LogP contribution in [-0.4, -0.2) is 52.5 Å². The Balaban J connectivity index is 1.67. The number of aliphatic hydroxyl groups excluding tert-OH is 1. The lowest BCUT2D eigenvalue weighted by molar-refractivity contribution is -0.145. The van der Waals surface area contributed by atoms with Crippen molar-refractivity contribution in [3.63, 3.8) is 0 Å². The first-order valence-corrected chi connectivity index (χ1v) is 8.46. The molecule has 0 radical (unpaired) electrons. The van der Waals surface area contributed by atoms with E-state index in [0.29, 0.717) is 19.5 Å². The Morgan fingerprint density at radius 1 is 1.13 bits per heavy atom. The van der Waals surface area contributed by atoms with Crippen LogP contribution in [-0.2, 0) is 22.6 Å². The van der Waals surface area contributed by atoms with E-state index in [1.54, 1.807) is 0 Å². The molecule has 124 valence electrons. The number of benzene rings is 1. The number of hydrogen-bond acceptors (Lipinski definition) is 3. The number of carbonyl (C=O) groups is 2. The molecule has 1 aromatic rings. The molecular formula is C18H24N2O3. The van der Waals surface area contributed by atoms with E-state index in [4.69, 9.17) is 0 Å². The van der Waals surface area contributed by atoms with Gasteiger partial charge in [-0.3, -0.25) is 9.59 Å². The summed E-state index contributed by atoms with van der Waals surface area (Å²) in [7, 11) is 0. The van der Waals surface area contributed by atoms with Crippen LogP contribution in [0.4, 0.5) is 0 Å². The summed E-state index contributed by atoms with van der Waals surface area (Å²) >= 11 is 0. The zero-order chi connectivity index (χ0) is 16.2. The second-order valence-corrected chi connectivity index (χ2v) is 6.46. The van der Waals surface area contributed by atoms with Gasteiger partial charge in [0.1, 0.15) is 6.10 Å². The van der Waals surface area contributed by atoms with Gasteiger partial charge in [-0.05, 0) is 43.2 Å². The fourth-order valence-electron chi connectivity index (χ4n) is 3.42. The average Bonchev–Trinajstić information content (AvgIpc) is 2.86. The Bertz CT molecular complexity index is 587. The SMILES string of the molecule is O=C(CN1CCCCC(O)C1=O)N1CCCc2ccccc2C1. The Labute approximate surface area is 136 Å². The minimum Gasteiger partial charge on any atom is -0.383 e. The smallest absolute Gasteiger partial charge is 0.251 e. The maximum atomic E-state index is 12.6. The van der Waals surface area contributed by atoms with E-state index in [9.17, 15) is 14.7 Å². The number of nitrogens with zero attached hydrogens (tertiary/aromatic N) is 2. The Hall–Kier alpha value is -1.88. The molecule has 0 spiro atoms. The first-order chi connectivity index (χ1) is 11.1. The minimum absolute atomic E-state index is 0.0239. The molecule has 2 heterocycles. The molecule has 1 aromatic carbocycles. The summed E-state index contributed by atoms with van der Waals surface area (Å²) < 4.78 is 0. The molecule has 0 bridgehead atoms. The molecular weight excluding hydrogens is 292 g/mol. The average molecular weight is 316 g/mol. The highest BCUT2D eigenvalue weighted by atomic mass is 16.3. The van der Waals surface area contributed by atoms with E-state index in [-0.39, 0.29) is 18.4 Å². The molecule has 2 aliphatic rings. The van der Waals surface area contributed by atoms with Crippen molar-refractivity contribution < 1.29 is 14.7 Å². The molecule has 1 atom stereocenters. The van der Waals surface area contributed by atoms with E-state index < -0.39 is 6.10 Å². The first kappa shape index (κ1) is 16.0. The highest BCUT2D eigenvalue weighted by Crippen LogP contribution is 2.19. The third-order valence-corrected chi connectivity index (χ3v) is 4.78. The van der Waals surface area contributed by atoms with Gasteiger partial charge in [-0.2, -0.15) is 0 Å². The second-order valence-electron chi connectivity index (χ2n) is 6.46. The van der Waals surface area contributed by atoms with Crippen molar-refractivity contribution in [1.82, 2.24) is 9.80 Å². The van der Waals surface area contributed by atoms with Crippen LogP contribution in [0, 0.1) is 0 Å². The molecule has 2 amide bonds. The number of fused-ring (bicyclic) bond motifs is 1. The topological polar surface area (TPSA) is 60.9 Å². The lowest BCUT2D eigenvalue weighted by Gasteiger charge is -2.27. The summed E-state index contributed by atoms with van der Waals surface area (Å²) in [5.41, 5.74) is 2.50. The van der Waals surface area contributed by atoms with Gasteiger partial charge in [0.25, 0.3) is 5.91 Å². The molecule has 5 heteroatoms. The van der Waals surface area contributed by atoms with Crippen molar-refractivity contribution in [3.05, 3.63) is 35.4 Å². The zero-order valence-electron chi connectivity index (χ0n) is 13.4.